The van der Waals surface area contributed by atoms with E-state index in [2.05, 4.69) is 152 Å². The van der Waals surface area contributed by atoms with Gasteiger partial charge in [-0.05, 0) is 116 Å². The van der Waals surface area contributed by atoms with Gasteiger partial charge in [-0.2, -0.15) is 10.5 Å². The van der Waals surface area contributed by atoms with E-state index in [0.29, 0.717) is 11.1 Å². The highest BCUT2D eigenvalue weighted by molar-refractivity contribution is 7.26. The van der Waals surface area contributed by atoms with E-state index in [1.807, 2.05) is 77.3 Å². The molecule has 0 fully saturated rings. The van der Waals surface area contributed by atoms with Crippen LogP contribution in [0, 0.1) is 22.7 Å². The summed E-state index contributed by atoms with van der Waals surface area (Å²) in [6.07, 6.45) is 0. The lowest BCUT2D eigenvalue weighted by Gasteiger charge is -2.22. The molecule has 278 valence electrons. The Balaban J connectivity index is 1.30. The Kier molecular flexibility index (Phi) is 8.68. The van der Waals surface area contributed by atoms with E-state index in [1.54, 1.807) is 0 Å². The van der Waals surface area contributed by atoms with Gasteiger partial charge in [-0.1, -0.05) is 133 Å². The Hall–Kier alpha value is -7.60. The zero-order chi connectivity index (χ0) is 40.2. The average molecular weight is 797 g/mol. The van der Waals surface area contributed by atoms with E-state index in [0.717, 1.165) is 66.8 Å². The third-order valence-corrected chi connectivity index (χ3v) is 13.9. The first-order chi connectivity index (χ1) is 29.7. The van der Waals surface area contributed by atoms with Crippen LogP contribution >= 0.6 is 22.7 Å². The molecule has 0 amide bonds. The predicted octanol–water partition coefficient (Wildman–Crippen LogP) is 16.2. The number of hydrogen-bond donors (Lipinski definition) is 0. The van der Waals surface area contributed by atoms with Crippen molar-refractivity contribution in [1.82, 2.24) is 0 Å². The third-order valence-electron chi connectivity index (χ3n) is 11.6. The molecule has 0 atom stereocenters. The largest absolute Gasteiger partial charge is 0.192 e. The van der Waals surface area contributed by atoms with Crippen molar-refractivity contribution in [2.24, 2.45) is 0 Å². The number of fused-ring (bicyclic) bond motifs is 6. The molecule has 2 nitrogen and oxygen atoms in total. The zero-order valence-corrected chi connectivity index (χ0v) is 33.8. The third kappa shape index (κ3) is 5.90. The van der Waals surface area contributed by atoms with Crippen molar-refractivity contribution in [1.29, 1.82) is 10.5 Å². The second-order valence-corrected chi connectivity index (χ2v) is 17.1. The predicted molar refractivity (Wildman–Crippen MR) is 254 cm³/mol. The quantitative estimate of drug-likeness (QED) is 0.168. The second kappa shape index (κ2) is 14.7. The molecule has 0 saturated carbocycles. The van der Waals surface area contributed by atoms with Gasteiger partial charge >= 0.3 is 0 Å². The van der Waals surface area contributed by atoms with Crippen LogP contribution in [0.3, 0.4) is 0 Å². The molecule has 0 bridgehead atoms. The Morgan fingerprint density at radius 2 is 0.700 bits per heavy atom. The highest BCUT2D eigenvalue weighted by Crippen LogP contribution is 2.50. The van der Waals surface area contributed by atoms with Gasteiger partial charge < -0.3 is 0 Å². The highest BCUT2D eigenvalue weighted by atomic mass is 32.1. The Morgan fingerprint density at radius 3 is 1.22 bits per heavy atom. The minimum absolute atomic E-state index is 0.593. The van der Waals surface area contributed by atoms with E-state index in [-0.39, 0.29) is 0 Å². The van der Waals surface area contributed by atoms with Gasteiger partial charge in [0.1, 0.15) is 0 Å². The molecule has 9 aromatic carbocycles. The van der Waals surface area contributed by atoms with Gasteiger partial charge in [-0.15, -0.1) is 22.7 Å². The molecule has 2 heterocycles. The molecule has 60 heavy (non-hydrogen) atoms. The average Bonchev–Trinajstić information content (AvgIpc) is 3.89. The van der Waals surface area contributed by atoms with Crippen molar-refractivity contribution in [2.75, 3.05) is 0 Å². The Bertz CT molecular complexity index is 3370. The fourth-order valence-corrected chi connectivity index (χ4v) is 11.1. The van der Waals surface area contributed by atoms with Gasteiger partial charge in [0.15, 0.2) is 0 Å². The number of nitrogens with zero attached hydrogens (tertiary/aromatic N) is 2. The standard InChI is InChI=1S/C56H32N2S2/c57-33-38-15-4-6-17-41(38)45-21-12-22-46(42-18-7-5-16-39(42)34-58)56(45)40-31-47(36-25-27-53-49(29-36)43-19-8-10-23-51(43)59-53)55(35-13-2-1-3-14-35)48(32-40)37-26-28-54-50(30-37)44-20-9-11-24-52(44)60-54/h1-32H. The topological polar surface area (TPSA) is 47.6 Å². The molecule has 0 N–H and O–H groups in total. The molecular formula is C56H32N2S2. The maximum Gasteiger partial charge on any atom is 0.0998 e. The van der Waals surface area contributed by atoms with Crippen LogP contribution in [0.4, 0.5) is 0 Å². The second-order valence-electron chi connectivity index (χ2n) is 15.0. The van der Waals surface area contributed by atoms with Crippen LogP contribution in [0.2, 0.25) is 0 Å². The van der Waals surface area contributed by atoms with Crippen molar-refractivity contribution in [2.45, 2.75) is 0 Å². The van der Waals surface area contributed by atoms with Crippen LogP contribution in [-0.2, 0) is 0 Å². The van der Waals surface area contributed by atoms with Crippen LogP contribution < -0.4 is 0 Å². The van der Waals surface area contributed by atoms with Crippen LogP contribution in [0.5, 0.6) is 0 Å². The number of rotatable bonds is 6. The summed E-state index contributed by atoms with van der Waals surface area (Å²) < 4.78 is 5.04. The fraction of sp³-hybridized carbons (Fsp3) is 0. The number of hydrogen-bond acceptors (Lipinski definition) is 4. The van der Waals surface area contributed by atoms with Gasteiger partial charge in [-0.3, -0.25) is 0 Å². The summed E-state index contributed by atoms with van der Waals surface area (Å²) in [6, 6.07) is 73.4. The van der Waals surface area contributed by atoms with E-state index in [4.69, 9.17) is 0 Å². The molecule has 0 spiro atoms. The van der Waals surface area contributed by atoms with Gasteiger partial charge in [0.2, 0.25) is 0 Å². The van der Waals surface area contributed by atoms with Crippen LogP contribution in [0.1, 0.15) is 11.1 Å². The summed E-state index contributed by atoms with van der Waals surface area (Å²) in [4.78, 5) is 0. The van der Waals surface area contributed by atoms with Crippen LogP contribution in [0.15, 0.2) is 194 Å². The molecule has 0 aliphatic heterocycles. The number of thiophene rings is 2. The van der Waals surface area contributed by atoms with Gasteiger partial charge in [0.25, 0.3) is 0 Å². The molecule has 11 aromatic rings. The monoisotopic (exact) mass is 796 g/mol. The van der Waals surface area contributed by atoms with E-state index >= 15 is 0 Å². The summed E-state index contributed by atoms with van der Waals surface area (Å²) >= 11 is 3.65. The van der Waals surface area contributed by atoms with E-state index < -0.39 is 0 Å². The summed E-state index contributed by atoms with van der Waals surface area (Å²) in [5, 5.41) is 25.9. The van der Waals surface area contributed by atoms with Crippen molar-refractivity contribution in [3.05, 3.63) is 205 Å². The number of nitriles is 2. The molecule has 0 saturated heterocycles. The summed E-state index contributed by atoms with van der Waals surface area (Å²) in [7, 11) is 0. The van der Waals surface area contributed by atoms with Crippen molar-refractivity contribution < 1.29 is 0 Å². The molecule has 4 heteroatoms. The normalized spacial score (nSPS) is 11.3. The Labute approximate surface area is 355 Å². The van der Waals surface area contributed by atoms with Crippen molar-refractivity contribution >= 4 is 63.0 Å². The molecule has 11 rings (SSSR count). The lowest BCUT2D eigenvalue weighted by molar-refractivity contribution is 1.46. The van der Waals surface area contributed by atoms with Gasteiger partial charge in [0, 0.05) is 51.5 Å². The van der Waals surface area contributed by atoms with Gasteiger partial charge in [0.05, 0.1) is 23.3 Å². The highest BCUT2D eigenvalue weighted by Gasteiger charge is 2.23. The van der Waals surface area contributed by atoms with E-state index in [9.17, 15) is 10.5 Å². The zero-order valence-electron chi connectivity index (χ0n) is 32.2. The minimum Gasteiger partial charge on any atom is -0.192 e. The maximum absolute atomic E-state index is 10.5. The molecule has 0 aliphatic carbocycles. The van der Waals surface area contributed by atoms with Crippen molar-refractivity contribution in [3.63, 3.8) is 0 Å². The van der Waals surface area contributed by atoms with Crippen LogP contribution in [-0.4, -0.2) is 0 Å². The first kappa shape index (κ1) is 35.6. The molecule has 0 unspecified atom stereocenters. The summed E-state index contributed by atoms with van der Waals surface area (Å²) in [6.45, 7) is 0. The molecular weight excluding hydrogens is 765 g/mol. The van der Waals surface area contributed by atoms with Gasteiger partial charge in [-0.25, -0.2) is 0 Å². The Morgan fingerprint density at radius 1 is 0.283 bits per heavy atom. The molecule has 2 aromatic heterocycles. The fourth-order valence-electron chi connectivity index (χ4n) is 8.89. The summed E-state index contributed by atoms with van der Waals surface area (Å²) in [5.41, 5.74) is 13.4. The minimum atomic E-state index is 0.593. The smallest absolute Gasteiger partial charge is 0.0998 e. The first-order valence-corrected chi connectivity index (χ1v) is 21.5. The molecule has 0 aliphatic rings. The van der Waals surface area contributed by atoms with Crippen LogP contribution in [0.25, 0.3) is 107 Å². The summed E-state index contributed by atoms with van der Waals surface area (Å²) in [5.74, 6) is 0. The first-order valence-electron chi connectivity index (χ1n) is 19.9. The SMILES string of the molecule is N#Cc1ccccc1-c1cccc(-c2ccccc2C#N)c1-c1cc(-c2ccc3sc4ccccc4c3c2)c(-c2ccccc2)c(-c2ccc3sc4ccccc4c3c2)c1. The lowest BCUT2D eigenvalue weighted by atomic mass is 9.80. The molecule has 0 radical (unpaired) electrons. The van der Waals surface area contributed by atoms with Crippen molar-refractivity contribution in [3.8, 4) is 78.9 Å². The maximum atomic E-state index is 10.5. The van der Waals surface area contributed by atoms with E-state index in [1.165, 1.54) is 40.3 Å². The number of benzene rings is 9. The lowest BCUT2D eigenvalue weighted by Crippen LogP contribution is -1.97.